The van der Waals surface area contributed by atoms with Gasteiger partial charge in [0.05, 0.1) is 19.1 Å². The van der Waals surface area contributed by atoms with Gasteiger partial charge in [0, 0.05) is 0 Å². The molecule has 0 bridgehead atoms. The lowest BCUT2D eigenvalue weighted by Gasteiger charge is -2.15. The van der Waals surface area contributed by atoms with Crippen LogP contribution in [-0.2, 0) is 9.53 Å². The molecular formula is C8H14O3. The van der Waals surface area contributed by atoms with Crippen LogP contribution in [0.25, 0.3) is 0 Å². The lowest BCUT2D eigenvalue weighted by Crippen LogP contribution is -2.23. The van der Waals surface area contributed by atoms with Gasteiger partial charge in [-0.1, -0.05) is 12.2 Å². The molecule has 11 heavy (non-hydrogen) atoms. The first-order chi connectivity index (χ1) is 5.04. The third-order valence-corrected chi connectivity index (χ3v) is 1.35. The van der Waals surface area contributed by atoms with Gasteiger partial charge in [-0.05, 0) is 13.8 Å². The molecule has 0 aromatic carbocycles. The maximum Gasteiger partial charge on any atom is 0.315 e. The predicted molar refractivity (Wildman–Crippen MR) is 42.0 cm³/mol. The number of aliphatic hydroxyl groups is 1. The van der Waals surface area contributed by atoms with Crippen molar-refractivity contribution in [1.82, 2.24) is 0 Å². The molecule has 64 valence electrons. The topological polar surface area (TPSA) is 46.5 Å². The largest absolute Gasteiger partial charge is 0.468 e. The zero-order valence-electron chi connectivity index (χ0n) is 7.13. The average Bonchev–Trinajstić information content (AvgIpc) is 1.99. The van der Waals surface area contributed by atoms with Crippen molar-refractivity contribution in [2.75, 3.05) is 13.7 Å². The SMILES string of the molecule is COC(=O)C(C)(C)C=CCO. The van der Waals surface area contributed by atoms with Crippen LogP contribution in [0.4, 0.5) is 0 Å². The van der Waals surface area contributed by atoms with E-state index in [9.17, 15) is 4.79 Å². The Labute approximate surface area is 66.7 Å². The molecule has 0 atom stereocenters. The molecule has 3 nitrogen and oxygen atoms in total. The standard InChI is InChI=1S/C8H14O3/c1-8(2,5-4-6-9)7(10)11-3/h4-5,9H,6H2,1-3H3. The number of aliphatic hydroxyl groups excluding tert-OH is 1. The van der Waals surface area contributed by atoms with Crippen molar-refractivity contribution in [2.24, 2.45) is 5.41 Å². The van der Waals surface area contributed by atoms with Gasteiger partial charge in [0.15, 0.2) is 0 Å². The molecule has 0 saturated carbocycles. The fourth-order valence-corrected chi connectivity index (χ4v) is 0.678. The van der Waals surface area contributed by atoms with Crippen molar-refractivity contribution in [2.45, 2.75) is 13.8 Å². The summed E-state index contributed by atoms with van der Waals surface area (Å²) in [5.41, 5.74) is -0.641. The Kier molecular flexibility index (Phi) is 3.82. The van der Waals surface area contributed by atoms with E-state index in [0.717, 1.165) is 0 Å². The number of hydrogen-bond acceptors (Lipinski definition) is 3. The molecule has 0 spiro atoms. The van der Waals surface area contributed by atoms with Gasteiger partial charge >= 0.3 is 5.97 Å². The van der Waals surface area contributed by atoms with Crippen molar-refractivity contribution < 1.29 is 14.6 Å². The molecule has 0 rings (SSSR count). The van der Waals surface area contributed by atoms with E-state index in [4.69, 9.17) is 5.11 Å². The highest BCUT2D eigenvalue weighted by molar-refractivity contribution is 5.77. The number of carbonyl (C=O) groups is 1. The highest BCUT2D eigenvalue weighted by atomic mass is 16.5. The van der Waals surface area contributed by atoms with Gasteiger partial charge in [-0.25, -0.2) is 0 Å². The second-order valence-corrected chi connectivity index (χ2v) is 2.80. The Balaban J connectivity index is 4.20. The molecule has 0 saturated heterocycles. The summed E-state index contributed by atoms with van der Waals surface area (Å²) < 4.78 is 4.54. The van der Waals surface area contributed by atoms with E-state index in [1.807, 2.05) is 0 Å². The third kappa shape index (κ3) is 3.18. The summed E-state index contributed by atoms with van der Waals surface area (Å²) >= 11 is 0. The second-order valence-electron chi connectivity index (χ2n) is 2.80. The minimum atomic E-state index is -0.641. The van der Waals surface area contributed by atoms with Crippen molar-refractivity contribution >= 4 is 5.97 Å². The molecule has 0 heterocycles. The van der Waals surface area contributed by atoms with E-state index in [1.54, 1.807) is 19.9 Å². The summed E-state index contributed by atoms with van der Waals surface area (Å²) in [6, 6.07) is 0. The lowest BCUT2D eigenvalue weighted by molar-refractivity contribution is -0.148. The van der Waals surface area contributed by atoms with Gasteiger partial charge in [-0.15, -0.1) is 0 Å². The molecule has 0 unspecified atom stereocenters. The third-order valence-electron chi connectivity index (χ3n) is 1.35. The van der Waals surface area contributed by atoms with Gasteiger partial charge in [0.1, 0.15) is 0 Å². The Hall–Kier alpha value is -0.830. The number of ether oxygens (including phenoxy) is 1. The van der Waals surface area contributed by atoms with E-state index in [2.05, 4.69) is 4.74 Å². The van der Waals surface area contributed by atoms with Gasteiger partial charge in [0.25, 0.3) is 0 Å². The molecule has 0 amide bonds. The van der Waals surface area contributed by atoms with Crippen LogP contribution in [0, 0.1) is 5.41 Å². The lowest BCUT2D eigenvalue weighted by atomic mass is 9.93. The Morgan fingerprint density at radius 1 is 1.64 bits per heavy atom. The molecule has 3 heteroatoms. The van der Waals surface area contributed by atoms with E-state index >= 15 is 0 Å². The summed E-state index contributed by atoms with van der Waals surface area (Å²) in [5, 5.41) is 8.45. The number of esters is 1. The van der Waals surface area contributed by atoms with Gasteiger partial charge in [-0.2, -0.15) is 0 Å². The Morgan fingerprint density at radius 2 is 2.18 bits per heavy atom. The second kappa shape index (κ2) is 4.13. The fourth-order valence-electron chi connectivity index (χ4n) is 0.678. The molecule has 0 aromatic rings. The van der Waals surface area contributed by atoms with Crippen LogP contribution in [0.5, 0.6) is 0 Å². The van der Waals surface area contributed by atoms with Crippen LogP contribution < -0.4 is 0 Å². The van der Waals surface area contributed by atoms with Gasteiger partial charge in [-0.3, -0.25) is 4.79 Å². The van der Waals surface area contributed by atoms with Crippen LogP contribution >= 0.6 is 0 Å². The quantitative estimate of drug-likeness (QED) is 0.486. The summed E-state index contributed by atoms with van der Waals surface area (Å²) in [5.74, 6) is -0.304. The number of rotatable bonds is 3. The highest BCUT2D eigenvalue weighted by Crippen LogP contribution is 2.18. The van der Waals surface area contributed by atoms with Crippen LogP contribution in [0.15, 0.2) is 12.2 Å². The minimum absolute atomic E-state index is 0.0551. The van der Waals surface area contributed by atoms with E-state index in [-0.39, 0.29) is 12.6 Å². The molecule has 0 aromatic heterocycles. The van der Waals surface area contributed by atoms with Crippen molar-refractivity contribution in [1.29, 1.82) is 0 Å². The van der Waals surface area contributed by atoms with Gasteiger partial charge < -0.3 is 9.84 Å². The molecule has 0 aliphatic heterocycles. The number of carbonyl (C=O) groups excluding carboxylic acids is 1. The first-order valence-electron chi connectivity index (χ1n) is 3.41. The van der Waals surface area contributed by atoms with E-state index in [1.165, 1.54) is 13.2 Å². The van der Waals surface area contributed by atoms with Gasteiger partial charge in [0.2, 0.25) is 0 Å². The maximum absolute atomic E-state index is 11.0. The van der Waals surface area contributed by atoms with Crippen LogP contribution in [0.1, 0.15) is 13.8 Å². The van der Waals surface area contributed by atoms with Crippen LogP contribution in [0.2, 0.25) is 0 Å². The summed E-state index contributed by atoms with van der Waals surface area (Å²) in [7, 11) is 1.34. The van der Waals surface area contributed by atoms with Crippen molar-refractivity contribution in [3.63, 3.8) is 0 Å². The first-order valence-corrected chi connectivity index (χ1v) is 3.41. The predicted octanol–water partition coefficient (Wildman–Crippen LogP) is 0.734. The van der Waals surface area contributed by atoms with E-state index < -0.39 is 5.41 Å². The van der Waals surface area contributed by atoms with Crippen LogP contribution in [0.3, 0.4) is 0 Å². The first kappa shape index (κ1) is 10.2. The summed E-state index contributed by atoms with van der Waals surface area (Å²) in [6.45, 7) is 3.40. The Bertz CT molecular complexity index is 159. The van der Waals surface area contributed by atoms with E-state index in [0.29, 0.717) is 0 Å². The van der Waals surface area contributed by atoms with Crippen LogP contribution in [-0.4, -0.2) is 24.8 Å². The molecule has 1 N–H and O–H groups in total. The smallest absolute Gasteiger partial charge is 0.315 e. The highest BCUT2D eigenvalue weighted by Gasteiger charge is 2.24. The number of hydrogen-bond donors (Lipinski definition) is 1. The van der Waals surface area contributed by atoms with Crippen molar-refractivity contribution in [3.05, 3.63) is 12.2 Å². The van der Waals surface area contributed by atoms with Crippen molar-refractivity contribution in [3.8, 4) is 0 Å². The maximum atomic E-state index is 11.0. The monoisotopic (exact) mass is 158 g/mol. The molecule has 0 radical (unpaired) electrons. The summed E-state index contributed by atoms with van der Waals surface area (Å²) in [4.78, 5) is 11.0. The Morgan fingerprint density at radius 3 is 2.55 bits per heavy atom. The molecule has 0 aliphatic rings. The molecule has 0 aliphatic carbocycles. The summed E-state index contributed by atoms with van der Waals surface area (Å²) in [6.07, 6.45) is 3.15. The minimum Gasteiger partial charge on any atom is -0.468 e. The zero-order chi connectivity index (χ0) is 8.91. The molecule has 0 fully saturated rings. The molecular weight excluding hydrogens is 144 g/mol. The zero-order valence-corrected chi connectivity index (χ0v) is 7.13. The normalized spacial score (nSPS) is 12.0. The fraction of sp³-hybridized carbons (Fsp3) is 0.625. The average molecular weight is 158 g/mol. The number of methoxy groups -OCH3 is 1.